The van der Waals surface area contributed by atoms with E-state index in [0.717, 1.165) is 0 Å². The second-order valence-electron chi connectivity index (χ2n) is 21.3. The van der Waals surface area contributed by atoms with Gasteiger partial charge >= 0.3 is 5.97 Å². The van der Waals surface area contributed by atoms with Crippen LogP contribution in [0.2, 0.25) is 0 Å². The van der Waals surface area contributed by atoms with Crippen molar-refractivity contribution in [2.45, 2.75) is 151 Å². The van der Waals surface area contributed by atoms with Gasteiger partial charge in [-0.05, 0) is 94.7 Å². The number of unbranched alkanes of at least 4 members (excludes halogenated alkanes) is 1. The van der Waals surface area contributed by atoms with Crippen molar-refractivity contribution in [3.8, 4) is 0 Å². The van der Waals surface area contributed by atoms with Crippen LogP contribution in [0.4, 0.5) is 0 Å². The first-order chi connectivity index (χ1) is 40.7. The highest BCUT2D eigenvalue weighted by molar-refractivity contribution is 5.98. The van der Waals surface area contributed by atoms with Gasteiger partial charge in [-0.2, -0.15) is 0 Å². The van der Waals surface area contributed by atoms with Gasteiger partial charge < -0.3 is 91.2 Å². The van der Waals surface area contributed by atoms with Crippen LogP contribution in [0.1, 0.15) is 94.6 Å². The molecule has 29 nitrogen and oxygen atoms in total. The van der Waals surface area contributed by atoms with Crippen molar-refractivity contribution in [3.05, 3.63) is 71.8 Å². The number of carbonyl (C=O) groups is 10. The molecular formula is C56H85N17O12. The molecule has 0 saturated carbocycles. The first-order valence-electron chi connectivity index (χ1n) is 28.9. The van der Waals surface area contributed by atoms with Gasteiger partial charge in [-0.3, -0.25) is 53.1 Å². The first-order valence-corrected chi connectivity index (χ1v) is 28.9. The Hall–Kier alpha value is -8.44. The highest BCUT2D eigenvalue weighted by atomic mass is 16.4. The second-order valence-corrected chi connectivity index (χ2v) is 21.3. The number of guanidine groups is 2. The third kappa shape index (κ3) is 21.0. The van der Waals surface area contributed by atoms with Crippen LogP contribution in [-0.4, -0.2) is 203 Å². The van der Waals surface area contributed by atoms with Gasteiger partial charge in [0.1, 0.15) is 48.3 Å². The third-order valence-corrected chi connectivity index (χ3v) is 15.0. The van der Waals surface area contributed by atoms with Gasteiger partial charge in [0, 0.05) is 45.6 Å². The maximum atomic E-state index is 14.3. The number of aliphatic hydroxyl groups excluding tert-OH is 1. The van der Waals surface area contributed by atoms with Crippen LogP contribution in [0.25, 0.3) is 0 Å². The van der Waals surface area contributed by atoms with Crippen LogP contribution in [0.5, 0.6) is 0 Å². The maximum absolute atomic E-state index is 14.3. The van der Waals surface area contributed by atoms with E-state index < -0.39 is 127 Å². The lowest BCUT2D eigenvalue weighted by Crippen LogP contribution is -2.60. The monoisotopic (exact) mass is 1190 g/mol. The van der Waals surface area contributed by atoms with Crippen molar-refractivity contribution in [1.82, 2.24) is 46.6 Å². The van der Waals surface area contributed by atoms with Gasteiger partial charge in [-0.1, -0.05) is 67.1 Å². The summed E-state index contributed by atoms with van der Waals surface area (Å²) < 4.78 is 0. The Kier molecular flexibility index (Phi) is 27.2. The zero-order valence-electron chi connectivity index (χ0n) is 47.9. The number of carboxylic acids is 1. The third-order valence-electron chi connectivity index (χ3n) is 15.0. The van der Waals surface area contributed by atoms with Gasteiger partial charge in [0.05, 0.1) is 19.2 Å². The van der Waals surface area contributed by atoms with E-state index >= 15 is 0 Å². The van der Waals surface area contributed by atoms with E-state index in [1.165, 1.54) is 14.7 Å². The SMILES string of the molecule is NCCCCC(N)C(=O)NC(CCCN=C(N)N)C(=O)N1CCCC1C(=O)N1CCCC1C(=O)NCC(=O)NC(Cc1ccccc1)C(=O)NC(CO)C(=O)N1CCCC1C(=O)NC(Cc1ccccc1)C(=O)NC(CCCN=C(N)N)C(=O)O. The number of hydrogen-bond donors (Lipinski definition) is 14. The number of benzene rings is 2. The summed E-state index contributed by atoms with van der Waals surface area (Å²) in [6, 6.07) is 6.55. The Morgan fingerprint density at radius 3 is 1.54 bits per heavy atom. The van der Waals surface area contributed by atoms with Crippen LogP contribution in [0.15, 0.2) is 70.6 Å². The Bertz CT molecular complexity index is 2660. The van der Waals surface area contributed by atoms with Crippen molar-refractivity contribution >= 4 is 71.1 Å². The molecule has 9 unspecified atom stereocenters. The quantitative estimate of drug-likeness (QED) is 0.0182. The lowest BCUT2D eigenvalue weighted by atomic mass is 10.0. The minimum atomic E-state index is -1.61. The molecule has 3 aliphatic rings. The molecule has 2 aromatic rings. The van der Waals surface area contributed by atoms with E-state index in [0.29, 0.717) is 69.0 Å². The number of rotatable bonds is 33. The molecule has 20 N–H and O–H groups in total. The lowest BCUT2D eigenvalue weighted by Gasteiger charge is -2.33. The van der Waals surface area contributed by atoms with E-state index in [-0.39, 0.29) is 89.6 Å². The summed E-state index contributed by atoms with van der Waals surface area (Å²) in [5, 5.41) is 36.2. The molecule has 0 spiro atoms. The number of likely N-dealkylation sites (tertiary alicyclic amines) is 3. The summed E-state index contributed by atoms with van der Waals surface area (Å²) in [5.74, 6) is -7.85. The van der Waals surface area contributed by atoms with E-state index in [1.807, 2.05) is 0 Å². The number of carboxylic acid groups (broad SMARTS) is 1. The molecule has 3 heterocycles. The minimum absolute atomic E-state index is 0.0304. The Morgan fingerprint density at radius 2 is 1.01 bits per heavy atom. The number of amides is 9. The highest BCUT2D eigenvalue weighted by Gasteiger charge is 2.44. The zero-order valence-corrected chi connectivity index (χ0v) is 47.9. The fourth-order valence-electron chi connectivity index (χ4n) is 10.6. The number of carbonyl (C=O) groups excluding carboxylic acids is 9. The number of hydrogen-bond acceptors (Lipinski definition) is 15. The van der Waals surface area contributed by atoms with Crippen LogP contribution >= 0.6 is 0 Å². The zero-order chi connectivity index (χ0) is 62.0. The average molecular weight is 1190 g/mol. The molecule has 466 valence electrons. The largest absolute Gasteiger partial charge is 0.480 e. The Balaban J connectivity index is 1.22. The molecule has 3 aliphatic heterocycles. The molecule has 0 bridgehead atoms. The summed E-state index contributed by atoms with van der Waals surface area (Å²) >= 11 is 0. The molecule has 3 saturated heterocycles. The molecule has 29 heteroatoms. The maximum Gasteiger partial charge on any atom is 0.326 e. The summed E-state index contributed by atoms with van der Waals surface area (Å²) in [5.41, 5.74) is 34.7. The number of aliphatic imine (C=N–C) groups is 2. The standard InChI is InChI=1S/C56H85N17O12/c57-24-8-7-18-36(58)46(76)67-37(19-9-25-63-55(59)60)51(81)73-29-13-23-44(73)53(83)72-28-11-21-42(72)49(79)65-32-45(75)66-39(30-34-14-3-1-4-15-34)47(77)70-41(33-74)52(82)71-27-12-22-43(71)50(80)69-40(31-35-16-5-2-6-17-35)48(78)68-38(54(84)85)20-10-26-64-56(61)62/h1-6,14-17,36-44,74H,7-13,18-33,57-58H2,(H,65,79)(H,66,75)(H,67,76)(H,68,78)(H,69,80)(H,70,77)(H,84,85)(H4,59,60,63)(H4,61,62,64). The fourth-order valence-corrected chi connectivity index (χ4v) is 10.6. The molecule has 9 atom stereocenters. The van der Waals surface area contributed by atoms with Crippen LogP contribution < -0.4 is 66.3 Å². The van der Waals surface area contributed by atoms with Gasteiger partial charge in [0.25, 0.3) is 0 Å². The van der Waals surface area contributed by atoms with Gasteiger partial charge in [0.2, 0.25) is 53.2 Å². The number of nitrogens with one attached hydrogen (secondary N) is 6. The van der Waals surface area contributed by atoms with Crippen molar-refractivity contribution in [1.29, 1.82) is 0 Å². The molecule has 85 heavy (non-hydrogen) atoms. The van der Waals surface area contributed by atoms with Crippen molar-refractivity contribution in [3.63, 3.8) is 0 Å². The topological polar surface area (TPSA) is 474 Å². The average Bonchev–Trinajstić information content (AvgIpc) is 2.84. The second kappa shape index (κ2) is 34.4. The predicted molar refractivity (Wildman–Crippen MR) is 313 cm³/mol. The normalized spacial score (nSPS) is 18.5. The summed E-state index contributed by atoms with van der Waals surface area (Å²) in [7, 11) is 0. The summed E-state index contributed by atoms with van der Waals surface area (Å²) in [4.78, 5) is 150. The molecule has 5 rings (SSSR count). The molecule has 9 amide bonds. The number of nitrogens with two attached hydrogens (primary N) is 6. The number of aliphatic carboxylic acids is 1. The number of nitrogens with zero attached hydrogens (tertiary/aromatic N) is 5. The Labute approximate surface area is 493 Å². The molecule has 0 aliphatic carbocycles. The van der Waals surface area contributed by atoms with Gasteiger partial charge in [-0.15, -0.1) is 0 Å². The predicted octanol–water partition coefficient (Wildman–Crippen LogP) is -4.37. The molecule has 0 aromatic heterocycles. The molecule has 2 aromatic carbocycles. The highest BCUT2D eigenvalue weighted by Crippen LogP contribution is 2.27. The van der Waals surface area contributed by atoms with E-state index in [1.54, 1.807) is 60.7 Å². The first kappa shape index (κ1) is 67.4. The van der Waals surface area contributed by atoms with Gasteiger partial charge in [-0.25, -0.2) is 4.79 Å². The van der Waals surface area contributed by atoms with Crippen LogP contribution in [0, 0.1) is 0 Å². The van der Waals surface area contributed by atoms with Crippen molar-refractivity contribution in [2.24, 2.45) is 44.4 Å². The van der Waals surface area contributed by atoms with E-state index in [4.69, 9.17) is 34.4 Å². The van der Waals surface area contributed by atoms with E-state index in [2.05, 4.69) is 41.9 Å². The lowest BCUT2D eigenvalue weighted by molar-refractivity contribution is -0.148. The summed E-state index contributed by atoms with van der Waals surface area (Å²) in [6.45, 7) is -0.375. The minimum Gasteiger partial charge on any atom is -0.480 e. The fraction of sp³-hybridized carbons (Fsp3) is 0.571. The van der Waals surface area contributed by atoms with Crippen molar-refractivity contribution < 1.29 is 58.2 Å². The van der Waals surface area contributed by atoms with Crippen molar-refractivity contribution in [2.75, 3.05) is 52.4 Å². The number of aliphatic hydroxyl groups is 1. The van der Waals surface area contributed by atoms with Crippen LogP contribution in [0.3, 0.4) is 0 Å². The molecule has 0 radical (unpaired) electrons. The molecular weight excluding hydrogens is 1100 g/mol. The van der Waals surface area contributed by atoms with E-state index in [9.17, 15) is 58.2 Å². The van der Waals surface area contributed by atoms with Gasteiger partial charge in [0.15, 0.2) is 11.9 Å². The Morgan fingerprint density at radius 1 is 0.541 bits per heavy atom. The smallest absolute Gasteiger partial charge is 0.326 e. The molecule has 3 fully saturated rings. The summed E-state index contributed by atoms with van der Waals surface area (Å²) in [6.07, 6.45) is 4.09. The van der Waals surface area contributed by atoms with Crippen LogP contribution in [-0.2, 0) is 60.8 Å².